The maximum absolute atomic E-state index is 12.8. The minimum Gasteiger partial charge on any atom is -0.342 e. The number of nitrogens with zero attached hydrogens (tertiary/aromatic N) is 7. The van der Waals surface area contributed by atoms with Crippen molar-refractivity contribution in [1.29, 1.82) is 0 Å². The number of hydrogen-bond acceptors (Lipinski definition) is 8. The smallest absolute Gasteiger partial charge is 0.240 e. The minimum atomic E-state index is -3.67. The van der Waals surface area contributed by atoms with E-state index in [2.05, 4.69) is 31.7 Å². The van der Waals surface area contributed by atoms with E-state index in [0.717, 1.165) is 42.2 Å². The molecule has 37 heavy (non-hydrogen) atoms. The van der Waals surface area contributed by atoms with Crippen LogP contribution in [0.25, 0.3) is 17.1 Å². The van der Waals surface area contributed by atoms with Crippen molar-refractivity contribution in [3.8, 4) is 17.1 Å². The Hall–Kier alpha value is -3.70. The monoisotopic (exact) mass is 516 g/mol. The lowest BCUT2D eigenvalue weighted by molar-refractivity contribution is 0.469. The second kappa shape index (κ2) is 9.64. The zero-order valence-electron chi connectivity index (χ0n) is 20.5. The summed E-state index contributed by atoms with van der Waals surface area (Å²) >= 11 is 0. The van der Waals surface area contributed by atoms with Crippen LogP contribution in [0.15, 0.2) is 66.2 Å². The first-order valence-electron chi connectivity index (χ1n) is 12.6. The molecule has 0 spiro atoms. The third kappa shape index (κ3) is 4.27. The Balaban J connectivity index is 1.38. The van der Waals surface area contributed by atoms with E-state index in [1.165, 1.54) is 12.8 Å². The summed E-state index contributed by atoms with van der Waals surface area (Å²) in [7, 11) is -3.67. The van der Waals surface area contributed by atoms with Gasteiger partial charge in [0.2, 0.25) is 10.0 Å². The van der Waals surface area contributed by atoms with Crippen LogP contribution in [0, 0.1) is 0 Å². The molecule has 1 aromatic carbocycles. The second-order valence-electron chi connectivity index (χ2n) is 9.40. The van der Waals surface area contributed by atoms with Crippen molar-refractivity contribution in [3.63, 3.8) is 0 Å². The molecule has 3 aromatic heterocycles. The molecule has 1 atom stereocenters. The van der Waals surface area contributed by atoms with E-state index in [0.29, 0.717) is 17.4 Å². The van der Waals surface area contributed by atoms with E-state index in [1.54, 1.807) is 49.1 Å². The van der Waals surface area contributed by atoms with Gasteiger partial charge in [0.05, 0.1) is 17.1 Å². The van der Waals surface area contributed by atoms with Gasteiger partial charge in [0.1, 0.15) is 12.0 Å². The quantitative estimate of drug-likeness (QED) is 0.394. The molecule has 1 saturated carbocycles. The van der Waals surface area contributed by atoms with E-state index in [-0.39, 0.29) is 17.5 Å². The van der Waals surface area contributed by atoms with Crippen molar-refractivity contribution in [3.05, 3.63) is 72.7 Å². The number of nitrogens with one attached hydrogen (secondary N) is 1. The summed E-state index contributed by atoms with van der Waals surface area (Å²) in [4.78, 5) is 16.6. The molecule has 4 aromatic rings. The second-order valence-corrected chi connectivity index (χ2v) is 11.2. The lowest BCUT2D eigenvalue weighted by Crippen LogP contribution is -2.42. The zero-order chi connectivity index (χ0) is 25.4. The lowest BCUT2D eigenvalue weighted by atomic mass is 10.0. The first-order chi connectivity index (χ1) is 18.1. The molecule has 10 nitrogen and oxygen atoms in total. The number of pyridine rings is 1. The largest absolute Gasteiger partial charge is 0.342 e. The molecule has 4 heterocycles. The summed E-state index contributed by atoms with van der Waals surface area (Å²) in [6, 6.07) is 10.6. The zero-order valence-corrected chi connectivity index (χ0v) is 21.3. The fraction of sp³-hybridized carbons (Fsp3) is 0.346. The Bertz CT molecular complexity index is 1520. The molecule has 0 bridgehead atoms. The molecule has 0 saturated heterocycles. The maximum atomic E-state index is 12.8. The van der Waals surface area contributed by atoms with Crippen LogP contribution in [0.2, 0.25) is 0 Å². The highest BCUT2D eigenvalue weighted by Gasteiger charge is 2.38. The van der Waals surface area contributed by atoms with Crippen molar-refractivity contribution in [2.24, 2.45) is 0 Å². The number of rotatable bonds is 7. The Morgan fingerprint density at radius 1 is 1.08 bits per heavy atom. The highest BCUT2D eigenvalue weighted by atomic mass is 32.2. The van der Waals surface area contributed by atoms with Gasteiger partial charge in [-0.05, 0) is 43.0 Å². The third-order valence-electron chi connectivity index (χ3n) is 7.22. The maximum Gasteiger partial charge on any atom is 0.240 e. The lowest BCUT2D eigenvalue weighted by Gasteiger charge is -2.40. The Kier molecular flexibility index (Phi) is 6.17. The van der Waals surface area contributed by atoms with E-state index in [9.17, 15) is 8.42 Å². The summed E-state index contributed by atoms with van der Waals surface area (Å²) < 4.78 is 30.3. The average molecular weight is 517 g/mol. The Morgan fingerprint density at radius 2 is 1.89 bits per heavy atom. The summed E-state index contributed by atoms with van der Waals surface area (Å²) in [5.74, 6) is 2.31. The number of anilines is 1. The third-order valence-corrected chi connectivity index (χ3v) is 8.63. The van der Waals surface area contributed by atoms with Gasteiger partial charge in [-0.15, -0.1) is 10.2 Å². The topological polar surface area (TPSA) is 119 Å². The van der Waals surface area contributed by atoms with Gasteiger partial charge in [0, 0.05) is 30.5 Å². The molecule has 0 amide bonds. The molecular formula is C26H28N8O2S. The van der Waals surface area contributed by atoms with Crippen molar-refractivity contribution in [2.45, 2.75) is 62.6 Å². The number of aromatic nitrogens is 6. The van der Waals surface area contributed by atoms with Crippen LogP contribution >= 0.6 is 0 Å². The average Bonchev–Trinajstić information content (AvgIpc) is 3.64. The Morgan fingerprint density at radius 3 is 2.68 bits per heavy atom. The summed E-state index contributed by atoms with van der Waals surface area (Å²) in [6.45, 7) is 2.24. The molecular weight excluding hydrogens is 488 g/mol. The first-order valence-corrected chi connectivity index (χ1v) is 14.1. The fourth-order valence-electron chi connectivity index (χ4n) is 5.42. The van der Waals surface area contributed by atoms with E-state index < -0.39 is 10.0 Å². The standard InChI is InChI=1S/C26H28N8O2S/c1-2-22-26-32-29-17-33(26)23-16-28-24(31-25(23)34(22)19-8-6-7-9-19)21-12-13-27-14-18(21)15-30-37(35,36)20-10-4-3-5-11-20/h3-5,10-14,16-17,19,22,30H,2,6-9,15H2,1H3/t22-/m1/s1. The van der Waals surface area contributed by atoms with Gasteiger partial charge >= 0.3 is 0 Å². The van der Waals surface area contributed by atoms with Crippen molar-refractivity contribution in [1.82, 2.24) is 34.4 Å². The predicted octanol–water partition coefficient (Wildman–Crippen LogP) is 3.81. The molecule has 1 aliphatic carbocycles. The molecule has 1 fully saturated rings. The van der Waals surface area contributed by atoms with E-state index >= 15 is 0 Å². The Labute approximate surface area is 215 Å². The van der Waals surface area contributed by atoms with E-state index in [4.69, 9.17) is 9.97 Å². The summed E-state index contributed by atoms with van der Waals surface area (Å²) in [5.41, 5.74) is 2.30. The molecule has 0 radical (unpaired) electrons. The molecule has 1 N–H and O–H groups in total. The number of fused-ring (bicyclic) bond motifs is 3. The van der Waals surface area contributed by atoms with Crippen LogP contribution in [-0.2, 0) is 16.6 Å². The summed E-state index contributed by atoms with van der Waals surface area (Å²) in [5, 5.41) is 8.63. The normalized spacial score (nSPS) is 17.5. The summed E-state index contributed by atoms with van der Waals surface area (Å²) in [6.07, 6.45) is 12.4. The van der Waals surface area contributed by atoms with Crippen molar-refractivity contribution >= 4 is 15.8 Å². The van der Waals surface area contributed by atoms with Gasteiger partial charge in [0.25, 0.3) is 0 Å². The molecule has 11 heteroatoms. The predicted molar refractivity (Wildman–Crippen MR) is 138 cm³/mol. The molecule has 2 aliphatic rings. The van der Waals surface area contributed by atoms with Crippen LogP contribution in [0.1, 0.15) is 56.5 Å². The number of sulfonamides is 1. The van der Waals surface area contributed by atoms with Gasteiger partial charge in [-0.3, -0.25) is 9.55 Å². The molecule has 0 unspecified atom stereocenters. The van der Waals surface area contributed by atoms with Crippen LogP contribution < -0.4 is 9.62 Å². The van der Waals surface area contributed by atoms with Crippen LogP contribution in [0.5, 0.6) is 0 Å². The van der Waals surface area contributed by atoms with Gasteiger partial charge < -0.3 is 4.90 Å². The molecule has 6 rings (SSSR count). The van der Waals surface area contributed by atoms with Crippen LogP contribution in [0.4, 0.5) is 5.82 Å². The van der Waals surface area contributed by atoms with Gasteiger partial charge in [-0.2, -0.15) is 0 Å². The van der Waals surface area contributed by atoms with E-state index in [1.807, 2.05) is 16.8 Å². The van der Waals surface area contributed by atoms with Gasteiger partial charge in [-0.1, -0.05) is 38.0 Å². The number of benzene rings is 1. The highest BCUT2D eigenvalue weighted by Crippen LogP contribution is 2.43. The van der Waals surface area contributed by atoms with Crippen molar-refractivity contribution in [2.75, 3.05) is 4.90 Å². The first kappa shape index (κ1) is 23.7. The number of hydrogen-bond donors (Lipinski definition) is 1. The fourth-order valence-corrected chi connectivity index (χ4v) is 6.44. The molecule has 1 aliphatic heterocycles. The SMILES string of the molecule is CC[C@@H]1c2nncn2-c2cnc(-c3ccncc3CNS(=O)(=O)c3ccccc3)nc2N1C1CCCC1. The minimum absolute atomic E-state index is 0.0698. The van der Waals surface area contributed by atoms with Crippen molar-refractivity contribution < 1.29 is 8.42 Å². The van der Waals surface area contributed by atoms with Gasteiger partial charge in [0.15, 0.2) is 17.5 Å². The highest BCUT2D eigenvalue weighted by molar-refractivity contribution is 7.89. The van der Waals surface area contributed by atoms with Crippen LogP contribution in [-0.4, -0.2) is 44.2 Å². The molecule has 190 valence electrons. The van der Waals surface area contributed by atoms with Gasteiger partial charge in [-0.25, -0.2) is 23.1 Å². The van der Waals surface area contributed by atoms with Crippen LogP contribution in [0.3, 0.4) is 0 Å².